The number of anilines is 1. The predicted molar refractivity (Wildman–Crippen MR) is 88.3 cm³/mol. The highest BCUT2D eigenvalue weighted by Gasteiger charge is 2.18. The van der Waals surface area contributed by atoms with E-state index in [1.807, 2.05) is 37.3 Å². The van der Waals surface area contributed by atoms with Gasteiger partial charge in [0, 0.05) is 6.61 Å². The smallest absolute Gasteiger partial charge is 0.319 e. The van der Waals surface area contributed by atoms with Gasteiger partial charge in [-0.1, -0.05) is 42.4 Å². The standard InChI is InChI=1S/C17H23N3O3/c1-3-14-16(12(2)23-20-14)19-17(22)18-15(10-7-11-21)13-8-5-4-6-9-13/h4-6,8-9,15,21H,3,7,10-11H2,1-2H3,(H2,18,19,22). The maximum atomic E-state index is 12.3. The molecular formula is C17H23N3O3. The summed E-state index contributed by atoms with van der Waals surface area (Å²) in [6.07, 6.45) is 1.96. The summed E-state index contributed by atoms with van der Waals surface area (Å²) in [5.41, 5.74) is 2.36. The van der Waals surface area contributed by atoms with Gasteiger partial charge in [-0.15, -0.1) is 0 Å². The van der Waals surface area contributed by atoms with E-state index >= 15 is 0 Å². The van der Waals surface area contributed by atoms with E-state index in [-0.39, 0.29) is 18.7 Å². The number of nitrogens with one attached hydrogen (secondary N) is 2. The molecule has 0 bridgehead atoms. The quantitative estimate of drug-likeness (QED) is 0.732. The van der Waals surface area contributed by atoms with Crippen molar-refractivity contribution < 1.29 is 14.4 Å². The minimum Gasteiger partial charge on any atom is -0.396 e. The first-order chi connectivity index (χ1) is 11.2. The van der Waals surface area contributed by atoms with Crippen LogP contribution in [0, 0.1) is 6.92 Å². The van der Waals surface area contributed by atoms with Crippen molar-refractivity contribution in [1.82, 2.24) is 10.5 Å². The first-order valence-corrected chi connectivity index (χ1v) is 7.84. The van der Waals surface area contributed by atoms with E-state index in [1.54, 1.807) is 6.92 Å². The average Bonchev–Trinajstić information content (AvgIpc) is 2.92. The van der Waals surface area contributed by atoms with Crippen LogP contribution in [-0.4, -0.2) is 22.9 Å². The van der Waals surface area contributed by atoms with Gasteiger partial charge in [0.05, 0.1) is 6.04 Å². The molecule has 3 N–H and O–H groups in total. The Hall–Kier alpha value is -2.34. The first kappa shape index (κ1) is 17.0. The average molecular weight is 317 g/mol. The van der Waals surface area contributed by atoms with Gasteiger partial charge in [-0.25, -0.2) is 4.79 Å². The summed E-state index contributed by atoms with van der Waals surface area (Å²) in [5.74, 6) is 0.587. The summed E-state index contributed by atoms with van der Waals surface area (Å²) in [6.45, 7) is 3.81. The van der Waals surface area contributed by atoms with E-state index in [4.69, 9.17) is 9.63 Å². The van der Waals surface area contributed by atoms with Crippen LogP contribution in [0.15, 0.2) is 34.9 Å². The third-order valence-corrected chi connectivity index (χ3v) is 3.67. The van der Waals surface area contributed by atoms with Gasteiger partial charge in [-0.3, -0.25) is 0 Å². The molecule has 0 aliphatic rings. The van der Waals surface area contributed by atoms with E-state index in [1.165, 1.54) is 0 Å². The van der Waals surface area contributed by atoms with Gasteiger partial charge in [0.1, 0.15) is 11.4 Å². The minimum atomic E-state index is -0.308. The van der Waals surface area contributed by atoms with Crippen LogP contribution in [-0.2, 0) is 6.42 Å². The first-order valence-electron chi connectivity index (χ1n) is 7.84. The lowest BCUT2D eigenvalue weighted by Crippen LogP contribution is -2.33. The second-order valence-corrected chi connectivity index (χ2v) is 5.34. The molecule has 1 atom stereocenters. The molecule has 0 saturated heterocycles. The Kier molecular flexibility index (Phi) is 6.17. The summed E-state index contributed by atoms with van der Waals surface area (Å²) < 4.78 is 5.12. The Bertz CT molecular complexity index is 625. The summed E-state index contributed by atoms with van der Waals surface area (Å²) in [6, 6.07) is 9.25. The highest BCUT2D eigenvalue weighted by atomic mass is 16.5. The Morgan fingerprint density at radius 1 is 1.35 bits per heavy atom. The number of carbonyl (C=O) groups excluding carboxylic acids is 1. The van der Waals surface area contributed by atoms with Crippen molar-refractivity contribution in [3.05, 3.63) is 47.3 Å². The predicted octanol–water partition coefficient (Wildman–Crippen LogP) is 3.18. The van der Waals surface area contributed by atoms with Gasteiger partial charge < -0.3 is 20.3 Å². The fourth-order valence-electron chi connectivity index (χ4n) is 2.43. The van der Waals surface area contributed by atoms with Crippen molar-refractivity contribution in [3.8, 4) is 0 Å². The number of urea groups is 1. The third kappa shape index (κ3) is 4.56. The second-order valence-electron chi connectivity index (χ2n) is 5.34. The lowest BCUT2D eigenvalue weighted by molar-refractivity contribution is 0.243. The molecule has 1 unspecified atom stereocenters. The number of carbonyl (C=O) groups is 1. The molecule has 1 aromatic carbocycles. The fraction of sp³-hybridized carbons (Fsp3) is 0.412. The van der Waals surface area contributed by atoms with Crippen LogP contribution in [0.2, 0.25) is 0 Å². The Balaban J connectivity index is 2.06. The van der Waals surface area contributed by atoms with Gasteiger partial charge >= 0.3 is 6.03 Å². The molecular weight excluding hydrogens is 294 g/mol. The van der Waals surface area contributed by atoms with Crippen molar-refractivity contribution >= 4 is 11.7 Å². The molecule has 0 radical (unpaired) electrons. The normalized spacial score (nSPS) is 12.0. The largest absolute Gasteiger partial charge is 0.396 e. The number of aliphatic hydroxyl groups excluding tert-OH is 1. The van der Waals surface area contributed by atoms with E-state index in [0.29, 0.717) is 30.7 Å². The van der Waals surface area contributed by atoms with Crippen LogP contribution in [0.25, 0.3) is 0 Å². The number of aliphatic hydroxyl groups is 1. The molecule has 0 spiro atoms. The molecule has 0 aliphatic carbocycles. The van der Waals surface area contributed by atoms with Gasteiger partial charge in [0.25, 0.3) is 0 Å². The maximum Gasteiger partial charge on any atom is 0.319 e. The third-order valence-electron chi connectivity index (χ3n) is 3.67. The molecule has 1 heterocycles. The highest BCUT2D eigenvalue weighted by molar-refractivity contribution is 5.90. The van der Waals surface area contributed by atoms with Gasteiger partial charge in [0.2, 0.25) is 0 Å². The summed E-state index contributed by atoms with van der Waals surface area (Å²) in [4.78, 5) is 12.3. The van der Waals surface area contributed by atoms with Gasteiger partial charge in [-0.05, 0) is 31.7 Å². The monoisotopic (exact) mass is 317 g/mol. The SMILES string of the molecule is CCc1noc(C)c1NC(=O)NC(CCCO)c1ccccc1. The van der Waals surface area contributed by atoms with Gasteiger partial charge in [-0.2, -0.15) is 0 Å². The van der Waals surface area contributed by atoms with Crippen LogP contribution in [0.3, 0.4) is 0 Å². The molecule has 2 amide bonds. The van der Waals surface area contributed by atoms with Crippen molar-refractivity contribution in [3.63, 3.8) is 0 Å². The fourth-order valence-corrected chi connectivity index (χ4v) is 2.43. The molecule has 2 aromatic rings. The Morgan fingerprint density at radius 2 is 2.09 bits per heavy atom. The molecule has 6 heteroatoms. The second kappa shape index (κ2) is 8.33. The van der Waals surface area contributed by atoms with Crippen LogP contribution in [0.4, 0.5) is 10.5 Å². The number of amides is 2. The number of benzene rings is 1. The van der Waals surface area contributed by atoms with E-state index < -0.39 is 0 Å². The topological polar surface area (TPSA) is 87.4 Å². The van der Waals surface area contributed by atoms with Crippen LogP contribution >= 0.6 is 0 Å². The molecule has 124 valence electrons. The molecule has 0 fully saturated rings. The lowest BCUT2D eigenvalue weighted by atomic mass is 10.0. The summed E-state index contributed by atoms with van der Waals surface area (Å²) in [7, 11) is 0. The zero-order valence-corrected chi connectivity index (χ0v) is 13.5. The van der Waals surface area contributed by atoms with Crippen LogP contribution < -0.4 is 10.6 Å². The van der Waals surface area contributed by atoms with Gasteiger partial charge in [0.15, 0.2) is 5.76 Å². The van der Waals surface area contributed by atoms with E-state index in [2.05, 4.69) is 15.8 Å². The van der Waals surface area contributed by atoms with Crippen molar-refractivity contribution in [2.45, 2.75) is 39.2 Å². The Morgan fingerprint density at radius 3 is 2.74 bits per heavy atom. The van der Waals surface area contributed by atoms with Crippen molar-refractivity contribution in [2.75, 3.05) is 11.9 Å². The number of nitrogens with zero attached hydrogens (tertiary/aromatic N) is 1. The Labute approximate surface area is 135 Å². The highest BCUT2D eigenvalue weighted by Crippen LogP contribution is 2.22. The minimum absolute atomic E-state index is 0.0946. The number of aromatic nitrogens is 1. The summed E-state index contributed by atoms with van der Waals surface area (Å²) in [5, 5.41) is 18.8. The zero-order valence-electron chi connectivity index (χ0n) is 13.5. The maximum absolute atomic E-state index is 12.3. The molecule has 6 nitrogen and oxygen atoms in total. The van der Waals surface area contributed by atoms with Crippen molar-refractivity contribution in [2.24, 2.45) is 0 Å². The van der Waals surface area contributed by atoms with Crippen LogP contribution in [0.1, 0.15) is 42.8 Å². The molecule has 2 rings (SSSR count). The number of aryl methyl sites for hydroxylation is 2. The molecule has 1 aromatic heterocycles. The van der Waals surface area contributed by atoms with E-state index in [9.17, 15) is 4.79 Å². The number of hydrogen-bond donors (Lipinski definition) is 3. The number of rotatable bonds is 7. The van der Waals surface area contributed by atoms with Crippen molar-refractivity contribution in [1.29, 1.82) is 0 Å². The van der Waals surface area contributed by atoms with Crippen LogP contribution in [0.5, 0.6) is 0 Å². The van der Waals surface area contributed by atoms with E-state index in [0.717, 1.165) is 11.3 Å². The molecule has 0 aliphatic heterocycles. The molecule has 23 heavy (non-hydrogen) atoms. The zero-order chi connectivity index (χ0) is 16.7. The number of hydrogen-bond acceptors (Lipinski definition) is 4. The summed E-state index contributed by atoms with van der Waals surface area (Å²) >= 11 is 0. The lowest BCUT2D eigenvalue weighted by Gasteiger charge is -2.19. The molecule has 0 saturated carbocycles.